The van der Waals surface area contributed by atoms with Gasteiger partial charge in [0.05, 0.1) is 19.1 Å². The quantitative estimate of drug-likeness (QED) is 0.664. The zero-order valence-corrected chi connectivity index (χ0v) is 11.0. The summed E-state index contributed by atoms with van der Waals surface area (Å²) in [6, 6.07) is -0.589. The third kappa shape index (κ3) is 3.97. The van der Waals surface area contributed by atoms with E-state index in [-0.39, 0.29) is 12.4 Å². The standard InChI is InChI=1S/C11H11F4NO3.ClH/c1-19-8(17)4-7(16)9-5(11(13,14)15)2-3-6(12)10(9)18;/h2-3,7,18H,4,16H2,1H3;1H/t7-;/m0./s1. The largest absolute Gasteiger partial charge is 0.505 e. The molecule has 1 aromatic rings. The van der Waals surface area contributed by atoms with Gasteiger partial charge in [-0.3, -0.25) is 4.79 Å². The van der Waals surface area contributed by atoms with Gasteiger partial charge >= 0.3 is 12.1 Å². The van der Waals surface area contributed by atoms with Gasteiger partial charge in [0.1, 0.15) is 0 Å². The molecule has 3 N–H and O–H groups in total. The Labute approximate surface area is 117 Å². The average molecular weight is 318 g/mol. The summed E-state index contributed by atoms with van der Waals surface area (Å²) in [6.07, 6.45) is -5.44. The molecule has 0 amide bonds. The van der Waals surface area contributed by atoms with E-state index in [0.29, 0.717) is 12.1 Å². The summed E-state index contributed by atoms with van der Waals surface area (Å²) in [4.78, 5) is 11.0. The number of carbonyl (C=O) groups excluding carboxylic acids is 1. The number of ether oxygens (including phenoxy) is 1. The highest BCUT2D eigenvalue weighted by molar-refractivity contribution is 5.85. The van der Waals surface area contributed by atoms with Gasteiger partial charge in [-0.2, -0.15) is 13.2 Å². The topological polar surface area (TPSA) is 72.5 Å². The summed E-state index contributed by atoms with van der Waals surface area (Å²) in [5.41, 5.74) is 3.26. The highest BCUT2D eigenvalue weighted by Gasteiger charge is 2.37. The first-order valence-electron chi connectivity index (χ1n) is 5.09. The van der Waals surface area contributed by atoms with E-state index in [4.69, 9.17) is 5.73 Å². The predicted molar refractivity (Wildman–Crippen MR) is 63.9 cm³/mol. The Morgan fingerprint density at radius 2 is 2.00 bits per heavy atom. The van der Waals surface area contributed by atoms with E-state index in [9.17, 15) is 27.5 Å². The first kappa shape index (κ1) is 18.5. The molecular weight excluding hydrogens is 306 g/mol. The molecule has 1 rings (SSSR count). The molecule has 0 unspecified atom stereocenters. The number of phenols is 1. The smallest absolute Gasteiger partial charge is 0.416 e. The lowest BCUT2D eigenvalue weighted by atomic mass is 9.96. The molecule has 114 valence electrons. The zero-order valence-electron chi connectivity index (χ0n) is 10.2. The van der Waals surface area contributed by atoms with Crippen LogP contribution in [-0.4, -0.2) is 18.2 Å². The van der Waals surface area contributed by atoms with Crippen molar-refractivity contribution in [2.45, 2.75) is 18.6 Å². The monoisotopic (exact) mass is 317 g/mol. The SMILES string of the molecule is COC(=O)C[C@H](N)c1c(C(F)(F)F)ccc(F)c1O.Cl. The molecule has 0 aromatic heterocycles. The van der Waals surface area contributed by atoms with Gasteiger partial charge in [-0.25, -0.2) is 4.39 Å². The molecule has 0 aliphatic heterocycles. The lowest BCUT2D eigenvalue weighted by Crippen LogP contribution is -2.21. The summed E-state index contributed by atoms with van der Waals surface area (Å²) < 4.78 is 55.6. The average Bonchev–Trinajstić information content (AvgIpc) is 2.30. The van der Waals surface area contributed by atoms with E-state index in [1.165, 1.54) is 0 Å². The first-order valence-corrected chi connectivity index (χ1v) is 5.09. The Bertz CT molecular complexity index is 493. The maximum atomic E-state index is 13.1. The number of rotatable bonds is 3. The molecule has 0 radical (unpaired) electrons. The van der Waals surface area contributed by atoms with Crippen LogP contribution in [0.2, 0.25) is 0 Å². The van der Waals surface area contributed by atoms with Crippen molar-refractivity contribution in [1.82, 2.24) is 0 Å². The number of halogens is 5. The maximum Gasteiger partial charge on any atom is 0.416 e. The van der Waals surface area contributed by atoms with E-state index in [0.717, 1.165) is 7.11 Å². The van der Waals surface area contributed by atoms with E-state index >= 15 is 0 Å². The Morgan fingerprint density at radius 1 is 1.45 bits per heavy atom. The lowest BCUT2D eigenvalue weighted by molar-refractivity contribution is -0.142. The van der Waals surface area contributed by atoms with Gasteiger partial charge in [-0.05, 0) is 12.1 Å². The van der Waals surface area contributed by atoms with Crippen LogP contribution in [0.25, 0.3) is 0 Å². The predicted octanol–water partition coefficient (Wildman–Crippen LogP) is 2.53. The number of aromatic hydroxyl groups is 1. The normalized spacial score (nSPS) is 12.5. The van der Waals surface area contributed by atoms with Crippen LogP contribution < -0.4 is 5.73 Å². The number of hydrogen-bond donors (Lipinski definition) is 2. The molecule has 0 bridgehead atoms. The summed E-state index contributed by atoms with van der Waals surface area (Å²) >= 11 is 0. The number of benzene rings is 1. The number of esters is 1. The summed E-state index contributed by atoms with van der Waals surface area (Å²) in [6.45, 7) is 0. The fourth-order valence-electron chi connectivity index (χ4n) is 1.57. The van der Waals surface area contributed by atoms with Gasteiger partial charge < -0.3 is 15.6 Å². The summed E-state index contributed by atoms with van der Waals surface area (Å²) in [5.74, 6) is -3.33. The Morgan fingerprint density at radius 3 is 2.45 bits per heavy atom. The molecule has 0 saturated carbocycles. The van der Waals surface area contributed by atoms with E-state index in [2.05, 4.69) is 4.74 Å². The van der Waals surface area contributed by atoms with Crippen LogP contribution in [0.4, 0.5) is 17.6 Å². The van der Waals surface area contributed by atoms with Gasteiger partial charge in [-0.1, -0.05) is 0 Å². The van der Waals surface area contributed by atoms with Crippen molar-refractivity contribution >= 4 is 18.4 Å². The fourth-order valence-corrected chi connectivity index (χ4v) is 1.57. The van der Waals surface area contributed by atoms with Crippen molar-refractivity contribution in [3.63, 3.8) is 0 Å². The Kier molecular flexibility index (Phi) is 6.24. The summed E-state index contributed by atoms with van der Waals surface area (Å²) in [5, 5.41) is 9.39. The molecule has 1 atom stereocenters. The second-order valence-corrected chi connectivity index (χ2v) is 3.74. The molecule has 0 heterocycles. The third-order valence-corrected chi connectivity index (χ3v) is 2.46. The van der Waals surface area contributed by atoms with Crippen LogP contribution >= 0.6 is 12.4 Å². The third-order valence-electron chi connectivity index (χ3n) is 2.46. The molecule has 0 spiro atoms. The number of phenolic OH excluding ortho intramolecular Hbond substituents is 1. The van der Waals surface area contributed by atoms with Crippen molar-refractivity contribution in [3.05, 3.63) is 29.1 Å². The zero-order chi connectivity index (χ0) is 14.8. The van der Waals surface area contributed by atoms with E-state index in [1.807, 2.05) is 0 Å². The number of hydrogen-bond acceptors (Lipinski definition) is 4. The molecule has 0 aliphatic carbocycles. The minimum atomic E-state index is -4.83. The van der Waals surface area contributed by atoms with Crippen molar-refractivity contribution in [3.8, 4) is 5.75 Å². The van der Waals surface area contributed by atoms with Crippen LogP contribution in [0.3, 0.4) is 0 Å². The van der Waals surface area contributed by atoms with Crippen molar-refractivity contribution < 1.29 is 32.2 Å². The van der Waals surface area contributed by atoms with Gasteiger partial charge in [-0.15, -0.1) is 12.4 Å². The van der Waals surface area contributed by atoms with Crippen molar-refractivity contribution in [1.29, 1.82) is 0 Å². The second-order valence-electron chi connectivity index (χ2n) is 3.74. The Balaban J connectivity index is 0.00000361. The minimum Gasteiger partial charge on any atom is -0.505 e. The number of alkyl halides is 3. The molecule has 0 aliphatic rings. The maximum absolute atomic E-state index is 13.1. The van der Waals surface area contributed by atoms with Gasteiger partial charge in [0.25, 0.3) is 0 Å². The molecular formula is C11H12ClF4NO3. The van der Waals surface area contributed by atoms with Crippen LogP contribution in [0.1, 0.15) is 23.6 Å². The van der Waals surface area contributed by atoms with Crippen LogP contribution in [0.15, 0.2) is 12.1 Å². The molecule has 4 nitrogen and oxygen atoms in total. The molecule has 20 heavy (non-hydrogen) atoms. The van der Waals surface area contributed by atoms with E-state index in [1.54, 1.807) is 0 Å². The van der Waals surface area contributed by atoms with Crippen molar-refractivity contribution in [2.75, 3.05) is 7.11 Å². The Hall–Kier alpha value is -1.54. The van der Waals surface area contributed by atoms with Crippen LogP contribution in [0.5, 0.6) is 5.75 Å². The van der Waals surface area contributed by atoms with Gasteiger partial charge in [0.2, 0.25) is 0 Å². The van der Waals surface area contributed by atoms with Crippen LogP contribution in [0, 0.1) is 5.82 Å². The molecule has 1 aromatic carbocycles. The summed E-state index contributed by atoms with van der Waals surface area (Å²) in [7, 11) is 1.03. The van der Waals surface area contributed by atoms with Gasteiger partial charge in [0, 0.05) is 11.6 Å². The van der Waals surface area contributed by atoms with Crippen LogP contribution in [-0.2, 0) is 15.7 Å². The highest BCUT2D eigenvalue weighted by atomic mass is 35.5. The highest BCUT2D eigenvalue weighted by Crippen LogP contribution is 2.40. The molecule has 9 heteroatoms. The minimum absolute atomic E-state index is 0. The number of nitrogens with two attached hydrogens (primary N) is 1. The lowest BCUT2D eigenvalue weighted by Gasteiger charge is -2.19. The molecule has 0 saturated heterocycles. The van der Waals surface area contributed by atoms with Gasteiger partial charge in [0.15, 0.2) is 11.6 Å². The first-order chi connectivity index (χ1) is 8.68. The number of methoxy groups -OCH3 is 1. The second kappa shape index (κ2) is 6.76. The molecule has 0 fully saturated rings. The van der Waals surface area contributed by atoms with Crippen molar-refractivity contribution in [2.24, 2.45) is 5.73 Å². The fraction of sp³-hybridized carbons (Fsp3) is 0.364. The van der Waals surface area contributed by atoms with E-state index < -0.39 is 47.3 Å². The number of carbonyl (C=O) groups is 1.